The normalized spacial score (nSPS) is 15.8. The van der Waals surface area contributed by atoms with Crippen LogP contribution in [0.1, 0.15) is 36.7 Å². The smallest absolute Gasteiger partial charge is 0.341 e. The van der Waals surface area contributed by atoms with Crippen LogP contribution >= 0.6 is 0 Å². The first-order valence-corrected chi connectivity index (χ1v) is 10.4. The number of carboxylic acids is 1. The van der Waals surface area contributed by atoms with Crippen LogP contribution in [0.4, 0.5) is 92.4 Å². The molecule has 2 aliphatic heterocycles. The Hall–Kier alpha value is -3.87. The maximum Gasteiger partial charge on any atom is 0.341 e. The molecule has 1 aromatic heterocycles. The number of hydrogen-bond acceptors (Lipinski definition) is 5. The molecule has 1 saturated heterocycles. The summed E-state index contributed by atoms with van der Waals surface area (Å²) < 4.78 is 167. The summed E-state index contributed by atoms with van der Waals surface area (Å²) in [4.78, 5) is 25.9. The summed E-state index contributed by atoms with van der Waals surface area (Å²) in [5, 5.41) is 9.36. The molecule has 3 N–H and O–H groups in total. The van der Waals surface area contributed by atoms with E-state index in [4.69, 9.17) is 92.8 Å². The van der Waals surface area contributed by atoms with Crippen molar-refractivity contribution in [2.75, 3.05) is 24.6 Å². The van der Waals surface area contributed by atoms with Crippen molar-refractivity contribution in [3.05, 3.63) is 33.9 Å². The molecule has 3 atom stereocenters. The van der Waals surface area contributed by atoms with E-state index < -0.39 is 17.2 Å². The van der Waals surface area contributed by atoms with E-state index in [2.05, 4.69) is 6.92 Å². The van der Waals surface area contributed by atoms with E-state index in [1.54, 1.807) is 4.57 Å². The number of aromatic carboxylic acids is 1. The van der Waals surface area contributed by atoms with Gasteiger partial charge in [0.2, 0.25) is 5.43 Å². The van der Waals surface area contributed by atoms with Crippen molar-refractivity contribution in [3.63, 3.8) is 0 Å². The van der Waals surface area contributed by atoms with E-state index in [9.17, 15) is 14.7 Å². The maximum absolute atomic E-state index is 15.1. The van der Waals surface area contributed by atoms with Crippen molar-refractivity contribution in [1.29, 1.82) is 0 Å². The fourth-order valence-corrected chi connectivity index (χ4v) is 4.17. The predicted molar refractivity (Wildman–Crippen MR) is 119 cm³/mol. The Labute approximate surface area is 237 Å². The number of nitrogens with zero attached hydrogens (tertiary/aromatic N) is 2. The van der Waals surface area contributed by atoms with Crippen LogP contribution in [0.2, 0.25) is 0 Å². The summed E-state index contributed by atoms with van der Waals surface area (Å²) in [6, 6.07) is 0.892. The minimum atomic E-state index is -1.33. The number of hydrogen-bond donors (Lipinski definition) is 2. The lowest BCUT2D eigenvalue weighted by Crippen LogP contribution is -2.31. The summed E-state index contributed by atoms with van der Waals surface area (Å²) in [5.41, 5.74) is 5.85. The van der Waals surface area contributed by atoms with Gasteiger partial charge in [-0.15, -0.1) is 0 Å². The zero-order valence-electron chi connectivity index (χ0n) is 22.0. The number of pyridine rings is 1. The van der Waals surface area contributed by atoms with Crippen LogP contribution in [0.15, 0.2) is 17.1 Å². The fraction of sp³-hybridized carbons (Fsp3) is 0.474. The number of benzene rings is 1. The van der Waals surface area contributed by atoms with Crippen molar-refractivity contribution < 1.29 is 101 Å². The standard InChI is InChI=1S/C19H22FN3O4.9F2/c1-3-10-5-22(7-14(10)21)16-13(20)4-11-15-18(16)27-8-9(2)23(15)6-12(17(11)24)19(25)26;9*1-2/h4,6,9-10,14H,3,5,7-8,21H2,1-2H3,(H,25,26);;;;;;;;;/t9-,10-,14+;;;;;;;;;/m0........./s1. The number of ether oxygens (including phenoxy) is 1. The molecule has 270 valence electrons. The Bertz CT molecular complexity index is 1040. The Morgan fingerprint density at radius 2 is 1.33 bits per heavy atom. The number of halogens is 19. The molecule has 0 spiro atoms. The summed E-state index contributed by atoms with van der Waals surface area (Å²) in [7, 11) is 0. The quantitative estimate of drug-likeness (QED) is 0.307. The zero-order chi connectivity index (χ0) is 37.5. The van der Waals surface area contributed by atoms with Gasteiger partial charge in [-0.3, -0.25) is 4.79 Å². The first-order chi connectivity index (χ1) is 21.8. The Morgan fingerprint density at radius 3 is 1.71 bits per heavy atom. The SMILES string of the molecule is CC[C@H]1CN(c2c(F)cc3c(=O)c(C(=O)O)cn4c3c2OC[C@@H]4C)C[C@H]1N.FF.FF.FF.FF.FF.FF.FF.FF.FF. The van der Waals surface area contributed by atoms with Gasteiger partial charge in [-0.05, 0) is 18.9 Å². The molecule has 3 heterocycles. The van der Waals surface area contributed by atoms with E-state index in [0.29, 0.717) is 30.0 Å². The first-order valence-electron chi connectivity index (χ1n) is 10.4. The third kappa shape index (κ3) is 14.6. The highest BCUT2D eigenvalue weighted by Gasteiger charge is 2.35. The molecule has 0 saturated carbocycles. The number of aromatic nitrogens is 1. The summed E-state index contributed by atoms with van der Waals surface area (Å²) in [6.45, 7) is 5.30. The minimum Gasteiger partial charge on any atom is -0.487 e. The Balaban J connectivity index is -0.000000183. The largest absolute Gasteiger partial charge is 0.487 e. The lowest BCUT2D eigenvalue weighted by molar-refractivity contribution is 0.0694. The first kappa shape index (κ1) is 53.7. The van der Waals surface area contributed by atoms with Crippen LogP contribution in [-0.4, -0.2) is 41.4 Å². The number of carboxylic acid groups (broad SMARTS) is 1. The second kappa shape index (κ2) is 34.6. The highest BCUT2D eigenvalue weighted by molar-refractivity contribution is 5.97. The lowest BCUT2D eigenvalue weighted by atomic mass is 10.0. The number of carbonyl (C=O) groups is 1. The van der Waals surface area contributed by atoms with E-state index in [1.807, 2.05) is 11.8 Å². The molecule has 1 fully saturated rings. The molecule has 0 aliphatic carbocycles. The molecule has 0 unspecified atom stereocenters. The van der Waals surface area contributed by atoms with Gasteiger partial charge in [0.25, 0.3) is 0 Å². The summed E-state index contributed by atoms with van der Waals surface area (Å²) >= 11 is 0. The molecule has 0 radical (unpaired) electrons. The molecule has 26 heteroatoms. The Morgan fingerprint density at radius 1 is 0.889 bits per heavy atom. The monoisotopic (exact) mass is 717 g/mol. The average molecular weight is 717 g/mol. The molecule has 45 heavy (non-hydrogen) atoms. The molecule has 7 nitrogen and oxygen atoms in total. The number of rotatable bonds is 3. The van der Waals surface area contributed by atoms with Gasteiger partial charge < -0.3 is 25.0 Å². The van der Waals surface area contributed by atoms with E-state index in [0.717, 1.165) is 12.5 Å². The molecule has 2 aliphatic rings. The van der Waals surface area contributed by atoms with Crippen LogP contribution < -0.4 is 20.8 Å². The highest BCUT2D eigenvalue weighted by Crippen LogP contribution is 2.43. The lowest BCUT2D eigenvalue weighted by Gasteiger charge is -2.31. The topological polar surface area (TPSA) is 97.8 Å². The average Bonchev–Trinajstić information content (AvgIpc) is 3.51. The minimum absolute atomic E-state index is 0.0215. The predicted octanol–water partition coefficient (Wildman–Crippen LogP) is 9.53. The van der Waals surface area contributed by atoms with Gasteiger partial charge in [-0.25, -0.2) is 9.18 Å². The van der Waals surface area contributed by atoms with Crippen molar-refractivity contribution in [1.82, 2.24) is 4.57 Å². The van der Waals surface area contributed by atoms with Crippen LogP contribution in [-0.2, 0) is 0 Å². The highest BCUT2D eigenvalue weighted by atomic mass is 20.0. The van der Waals surface area contributed by atoms with Gasteiger partial charge in [0, 0.05) is 108 Å². The van der Waals surface area contributed by atoms with Crippen LogP contribution in [0.25, 0.3) is 10.9 Å². The van der Waals surface area contributed by atoms with Crippen LogP contribution in [0.3, 0.4) is 0 Å². The summed E-state index contributed by atoms with van der Waals surface area (Å²) in [6.07, 6.45) is 2.22. The number of anilines is 1. The van der Waals surface area contributed by atoms with Gasteiger partial charge in [0.05, 0.1) is 16.9 Å². The van der Waals surface area contributed by atoms with Crippen molar-refractivity contribution in [2.45, 2.75) is 32.4 Å². The van der Waals surface area contributed by atoms with Crippen molar-refractivity contribution in [2.24, 2.45) is 11.7 Å². The van der Waals surface area contributed by atoms with Gasteiger partial charge >= 0.3 is 5.97 Å². The van der Waals surface area contributed by atoms with Crippen molar-refractivity contribution in [3.8, 4) is 5.75 Å². The van der Waals surface area contributed by atoms with Gasteiger partial charge in [0.1, 0.15) is 17.9 Å². The molecule has 0 bridgehead atoms. The fourth-order valence-electron chi connectivity index (χ4n) is 4.17. The molecule has 0 amide bonds. The maximum atomic E-state index is 15.1. The Kier molecular flexibility index (Phi) is 41.3. The van der Waals surface area contributed by atoms with E-state index in [1.165, 1.54) is 6.20 Å². The molecule has 2 aromatic rings. The second-order valence-electron chi connectivity index (χ2n) is 7.41. The number of nitrogens with two attached hydrogens (primary N) is 1. The van der Waals surface area contributed by atoms with Gasteiger partial charge in [-0.2, -0.15) is 0 Å². The molecular formula is C19H22F19N3O4. The van der Waals surface area contributed by atoms with E-state index in [-0.39, 0.29) is 35.6 Å². The third-order valence-corrected chi connectivity index (χ3v) is 5.70. The summed E-state index contributed by atoms with van der Waals surface area (Å²) in [5.74, 6) is -1.37. The van der Waals surface area contributed by atoms with Crippen LogP contribution in [0, 0.1) is 11.7 Å². The van der Waals surface area contributed by atoms with E-state index >= 15 is 4.39 Å². The van der Waals surface area contributed by atoms with Gasteiger partial charge in [-0.1, -0.05) is 13.3 Å². The van der Waals surface area contributed by atoms with Crippen molar-refractivity contribution >= 4 is 22.6 Å². The van der Waals surface area contributed by atoms with Crippen LogP contribution in [0.5, 0.6) is 5.75 Å². The second-order valence-corrected chi connectivity index (χ2v) is 7.41. The van der Waals surface area contributed by atoms with Gasteiger partial charge in [0.15, 0.2) is 11.6 Å². The third-order valence-electron chi connectivity index (χ3n) is 5.70. The molecule has 1 aromatic carbocycles. The molecular weight excluding hydrogens is 695 g/mol. The molecule has 4 rings (SSSR count). The zero-order valence-corrected chi connectivity index (χ0v) is 22.0.